The lowest BCUT2D eigenvalue weighted by Crippen LogP contribution is -2.58. The number of carbonyl (C=O) groups is 1. The molecule has 1 aliphatic heterocycles. The smallest absolute Gasteiger partial charge is 0.256 e. The molecule has 1 atom stereocenters. The lowest BCUT2D eigenvalue weighted by molar-refractivity contribution is -0.157. The van der Waals surface area contributed by atoms with E-state index < -0.39 is 5.60 Å². The molecule has 25 heavy (non-hydrogen) atoms. The summed E-state index contributed by atoms with van der Waals surface area (Å²) in [7, 11) is 5.44. The lowest BCUT2D eigenvalue weighted by atomic mass is 9.91. The van der Waals surface area contributed by atoms with Crippen LogP contribution in [0.2, 0.25) is 0 Å². The summed E-state index contributed by atoms with van der Waals surface area (Å²) >= 11 is 0. The van der Waals surface area contributed by atoms with E-state index in [0.717, 1.165) is 6.54 Å². The van der Waals surface area contributed by atoms with Gasteiger partial charge in [0, 0.05) is 38.3 Å². The molecule has 0 bridgehead atoms. The molecule has 1 fully saturated rings. The first-order valence-corrected chi connectivity index (χ1v) is 8.55. The second kappa shape index (κ2) is 8.60. The fourth-order valence-corrected chi connectivity index (χ4v) is 2.98. The standard InChI is InChI=1S/C18H28FN3O3/c1-21(2)10-8-20-13-18(24)7-4-9-22(17(18)23)12-14-11-15(25-3)5-6-16(14)19/h5-6,11,20,24H,4,7-10,12-13H2,1-3H3. The molecule has 2 rings (SSSR count). The Kier molecular flexibility index (Phi) is 6.75. The summed E-state index contributed by atoms with van der Waals surface area (Å²) in [5, 5.41) is 13.9. The molecule has 6 nitrogen and oxygen atoms in total. The Morgan fingerprint density at radius 3 is 2.88 bits per heavy atom. The van der Waals surface area contributed by atoms with Crippen LogP contribution < -0.4 is 10.1 Å². The van der Waals surface area contributed by atoms with Crippen LogP contribution in [0.15, 0.2) is 18.2 Å². The Morgan fingerprint density at radius 1 is 1.44 bits per heavy atom. The number of likely N-dealkylation sites (N-methyl/N-ethyl adjacent to an activating group) is 1. The van der Waals surface area contributed by atoms with Crippen molar-refractivity contribution in [3.05, 3.63) is 29.6 Å². The molecule has 1 aromatic carbocycles. The van der Waals surface area contributed by atoms with E-state index in [-0.39, 0.29) is 24.8 Å². The van der Waals surface area contributed by atoms with Gasteiger partial charge in [-0.05, 0) is 45.1 Å². The normalized spacial score (nSPS) is 21.0. The number of benzene rings is 1. The number of rotatable bonds is 8. The summed E-state index contributed by atoms with van der Waals surface area (Å²) < 4.78 is 19.1. The number of halogens is 1. The van der Waals surface area contributed by atoms with Gasteiger partial charge < -0.3 is 25.0 Å². The van der Waals surface area contributed by atoms with Crippen LogP contribution in [0, 0.1) is 5.82 Å². The summed E-state index contributed by atoms with van der Waals surface area (Å²) in [6.07, 6.45) is 1.10. The SMILES string of the molecule is COc1ccc(F)c(CN2CCCC(O)(CNCCN(C)C)C2=O)c1. The molecule has 1 saturated heterocycles. The summed E-state index contributed by atoms with van der Waals surface area (Å²) in [4.78, 5) is 16.3. The van der Waals surface area contributed by atoms with Gasteiger partial charge in [0.15, 0.2) is 5.60 Å². The van der Waals surface area contributed by atoms with E-state index in [4.69, 9.17) is 4.74 Å². The first-order chi connectivity index (χ1) is 11.9. The summed E-state index contributed by atoms with van der Waals surface area (Å²) in [5.41, 5.74) is -1.04. The van der Waals surface area contributed by atoms with Gasteiger partial charge in [-0.25, -0.2) is 4.39 Å². The third kappa shape index (κ3) is 5.14. The molecule has 0 aliphatic carbocycles. The highest BCUT2D eigenvalue weighted by Gasteiger charge is 2.41. The average Bonchev–Trinajstić information content (AvgIpc) is 2.58. The second-order valence-electron chi connectivity index (χ2n) is 6.80. The number of piperidine rings is 1. The zero-order valence-electron chi connectivity index (χ0n) is 15.2. The molecule has 140 valence electrons. The number of ether oxygens (including phenoxy) is 1. The first-order valence-electron chi connectivity index (χ1n) is 8.55. The zero-order chi connectivity index (χ0) is 18.4. The predicted octanol–water partition coefficient (Wildman–Crippen LogP) is 0.839. The van der Waals surface area contributed by atoms with Crippen molar-refractivity contribution < 1.29 is 19.0 Å². The van der Waals surface area contributed by atoms with Crippen LogP contribution in [0.5, 0.6) is 5.75 Å². The van der Waals surface area contributed by atoms with Crippen molar-refractivity contribution in [3.8, 4) is 5.75 Å². The van der Waals surface area contributed by atoms with Gasteiger partial charge in [0.25, 0.3) is 5.91 Å². The van der Waals surface area contributed by atoms with Crippen molar-refractivity contribution >= 4 is 5.91 Å². The maximum atomic E-state index is 14.0. The minimum Gasteiger partial charge on any atom is -0.497 e. The molecule has 0 spiro atoms. The van der Waals surface area contributed by atoms with E-state index >= 15 is 0 Å². The Bertz CT molecular complexity index is 597. The van der Waals surface area contributed by atoms with Crippen molar-refractivity contribution in [1.29, 1.82) is 0 Å². The molecule has 1 aromatic rings. The second-order valence-corrected chi connectivity index (χ2v) is 6.80. The monoisotopic (exact) mass is 353 g/mol. The zero-order valence-corrected chi connectivity index (χ0v) is 15.2. The summed E-state index contributed by atoms with van der Waals surface area (Å²) in [6.45, 7) is 2.35. The fraction of sp³-hybridized carbons (Fsp3) is 0.611. The highest BCUT2D eigenvalue weighted by Crippen LogP contribution is 2.25. The van der Waals surface area contributed by atoms with E-state index in [9.17, 15) is 14.3 Å². The maximum absolute atomic E-state index is 14.0. The van der Waals surface area contributed by atoms with Crippen LogP contribution in [-0.2, 0) is 11.3 Å². The molecule has 0 radical (unpaired) electrons. The van der Waals surface area contributed by atoms with E-state index in [0.29, 0.717) is 37.2 Å². The van der Waals surface area contributed by atoms with Crippen LogP contribution in [0.25, 0.3) is 0 Å². The minimum atomic E-state index is -1.43. The van der Waals surface area contributed by atoms with Gasteiger partial charge in [0.1, 0.15) is 11.6 Å². The number of nitrogens with zero attached hydrogens (tertiary/aromatic N) is 2. The summed E-state index contributed by atoms with van der Waals surface area (Å²) in [5.74, 6) is -0.188. The number of likely N-dealkylation sites (tertiary alicyclic amines) is 1. The molecule has 0 aromatic heterocycles. The third-order valence-corrected chi connectivity index (χ3v) is 4.47. The molecule has 1 heterocycles. The minimum absolute atomic E-state index is 0.127. The van der Waals surface area contributed by atoms with Gasteiger partial charge in [0.2, 0.25) is 0 Å². The number of hydrogen-bond acceptors (Lipinski definition) is 5. The highest BCUT2D eigenvalue weighted by molar-refractivity contribution is 5.86. The topological polar surface area (TPSA) is 65.0 Å². The van der Waals surface area contributed by atoms with Crippen LogP contribution in [-0.4, -0.2) is 73.8 Å². The van der Waals surface area contributed by atoms with Gasteiger partial charge in [0.05, 0.1) is 7.11 Å². The van der Waals surface area contributed by atoms with Gasteiger partial charge in [-0.15, -0.1) is 0 Å². The van der Waals surface area contributed by atoms with Crippen molar-refractivity contribution in [2.45, 2.75) is 25.0 Å². The summed E-state index contributed by atoms with van der Waals surface area (Å²) in [6, 6.07) is 4.46. The molecule has 1 amide bonds. The van der Waals surface area contributed by atoms with E-state index in [1.165, 1.54) is 18.1 Å². The van der Waals surface area contributed by atoms with E-state index in [1.807, 2.05) is 19.0 Å². The predicted molar refractivity (Wildman–Crippen MR) is 94.0 cm³/mol. The molecular weight excluding hydrogens is 325 g/mol. The van der Waals surface area contributed by atoms with Crippen molar-refractivity contribution in [2.24, 2.45) is 0 Å². The fourth-order valence-electron chi connectivity index (χ4n) is 2.98. The molecular formula is C18H28FN3O3. The van der Waals surface area contributed by atoms with Crippen molar-refractivity contribution in [1.82, 2.24) is 15.1 Å². The van der Waals surface area contributed by atoms with Crippen molar-refractivity contribution in [2.75, 3.05) is 47.4 Å². The molecule has 0 saturated carbocycles. The van der Waals surface area contributed by atoms with Gasteiger partial charge in [-0.1, -0.05) is 0 Å². The first kappa shape index (κ1) is 19.6. The molecule has 1 aliphatic rings. The number of aliphatic hydroxyl groups is 1. The van der Waals surface area contributed by atoms with Crippen LogP contribution in [0.3, 0.4) is 0 Å². The quantitative estimate of drug-likeness (QED) is 0.678. The van der Waals surface area contributed by atoms with Gasteiger partial charge in [-0.3, -0.25) is 4.79 Å². The number of methoxy groups -OCH3 is 1. The molecule has 1 unspecified atom stereocenters. The number of amides is 1. The Balaban J connectivity index is 2.01. The molecule has 2 N–H and O–H groups in total. The Morgan fingerprint density at radius 2 is 2.20 bits per heavy atom. The Labute approximate surface area is 148 Å². The van der Waals surface area contributed by atoms with E-state index in [1.54, 1.807) is 12.1 Å². The van der Waals surface area contributed by atoms with Crippen LogP contribution in [0.4, 0.5) is 4.39 Å². The van der Waals surface area contributed by atoms with Crippen LogP contribution in [0.1, 0.15) is 18.4 Å². The number of nitrogens with one attached hydrogen (secondary N) is 1. The largest absolute Gasteiger partial charge is 0.497 e. The Hall–Kier alpha value is -1.70. The van der Waals surface area contributed by atoms with Gasteiger partial charge >= 0.3 is 0 Å². The van der Waals surface area contributed by atoms with E-state index in [2.05, 4.69) is 5.32 Å². The molecule has 7 heteroatoms. The van der Waals surface area contributed by atoms with Crippen LogP contribution >= 0.6 is 0 Å². The third-order valence-electron chi connectivity index (χ3n) is 4.47. The average molecular weight is 353 g/mol. The highest BCUT2D eigenvalue weighted by atomic mass is 19.1. The van der Waals surface area contributed by atoms with Gasteiger partial charge in [-0.2, -0.15) is 0 Å². The maximum Gasteiger partial charge on any atom is 0.256 e. The number of carbonyl (C=O) groups excluding carboxylic acids is 1. The number of hydrogen-bond donors (Lipinski definition) is 2. The van der Waals surface area contributed by atoms with Crippen molar-refractivity contribution in [3.63, 3.8) is 0 Å². The lowest BCUT2D eigenvalue weighted by Gasteiger charge is -2.38.